The number of hydrogen-bond acceptors (Lipinski definition) is 3. The molecule has 0 spiro atoms. The summed E-state index contributed by atoms with van der Waals surface area (Å²) in [6.07, 6.45) is 7.97. The van der Waals surface area contributed by atoms with Crippen LogP contribution in [0.5, 0.6) is 0 Å². The Bertz CT molecular complexity index is 697. The lowest BCUT2D eigenvalue weighted by Gasteiger charge is -2.49. The first-order valence-electron chi connectivity index (χ1n) is 11.2. The average molecular weight is 395 g/mol. The van der Waals surface area contributed by atoms with Crippen LogP contribution >= 0.6 is 0 Å². The summed E-state index contributed by atoms with van der Waals surface area (Å²) in [4.78, 5) is 0. The van der Waals surface area contributed by atoms with E-state index in [1.165, 1.54) is 11.1 Å². The summed E-state index contributed by atoms with van der Waals surface area (Å²) in [6.45, 7) is 0. The minimum Gasteiger partial charge on any atom is -0.393 e. The molecule has 4 rings (SSSR count). The molecule has 2 N–H and O–H groups in total. The molecule has 29 heavy (non-hydrogen) atoms. The molecule has 4 unspecified atom stereocenters. The monoisotopic (exact) mass is 394 g/mol. The molecule has 3 heteroatoms. The highest BCUT2D eigenvalue weighted by Crippen LogP contribution is 2.44. The molecule has 4 atom stereocenters. The standard InChI is InChI=1S/C26H34O3/c27-23-13-7-15-25(19-23,17-21-9-3-1-4-10-21)29-26(16-8-14-24(28)20-26)18-22-11-5-2-6-12-22/h1-6,9-12,23-24,27-28H,7-8,13-20H2. The molecule has 2 aromatic carbocycles. The van der Waals surface area contributed by atoms with Gasteiger partial charge in [-0.05, 0) is 49.7 Å². The maximum absolute atomic E-state index is 10.5. The van der Waals surface area contributed by atoms with Crippen molar-refractivity contribution in [3.05, 3.63) is 71.8 Å². The fourth-order valence-electron chi connectivity index (χ4n) is 5.56. The molecular weight excluding hydrogens is 360 g/mol. The summed E-state index contributed by atoms with van der Waals surface area (Å²) in [7, 11) is 0. The topological polar surface area (TPSA) is 49.7 Å². The Morgan fingerprint density at radius 2 is 1.10 bits per heavy atom. The molecule has 2 aliphatic carbocycles. The average Bonchev–Trinajstić information content (AvgIpc) is 2.69. The zero-order chi connectivity index (χ0) is 20.2. The van der Waals surface area contributed by atoms with E-state index >= 15 is 0 Å². The zero-order valence-electron chi connectivity index (χ0n) is 17.3. The number of benzene rings is 2. The Morgan fingerprint density at radius 3 is 1.48 bits per heavy atom. The van der Waals surface area contributed by atoms with E-state index in [-0.39, 0.29) is 23.4 Å². The van der Waals surface area contributed by atoms with Gasteiger partial charge in [0.15, 0.2) is 0 Å². The van der Waals surface area contributed by atoms with Gasteiger partial charge in [-0.3, -0.25) is 0 Å². The first kappa shape index (κ1) is 20.6. The third-order valence-corrected chi connectivity index (χ3v) is 6.73. The van der Waals surface area contributed by atoms with E-state index in [0.717, 1.165) is 51.4 Å². The van der Waals surface area contributed by atoms with Gasteiger partial charge in [-0.15, -0.1) is 0 Å². The Balaban J connectivity index is 1.64. The van der Waals surface area contributed by atoms with E-state index in [4.69, 9.17) is 4.74 Å². The number of aliphatic hydroxyl groups excluding tert-OH is 2. The normalized spacial score (nSPS) is 32.8. The van der Waals surface area contributed by atoms with Crippen molar-refractivity contribution in [3.8, 4) is 0 Å². The maximum Gasteiger partial charge on any atom is 0.0755 e. The lowest BCUT2D eigenvalue weighted by molar-refractivity contribution is -0.205. The lowest BCUT2D eigenvalue weighted by Crippen LogP contribution is -2.53. The highest BCUT2D eigenvalue weighted by molar-refractivity contribution is 5.20. The number of rotatable bonds is 6. The van der Waals surface area contributed by atoms with Crippen molar-refractivity contribution in [3.63, 3.8) is 0 Å². The van der Waals surface area contributed by atoms with Crippen molar-refractivity contribution < 1.29 is 14.9 Å². The van der Waals surface area contributed by atoms with E-state index < -0.39 is 0 Å². The zero-order valence-corrected chi connectivity index (χ0v) is 17.3. The minimum atomic E-state index is -0.370. The molecule has 0 aromatic heterocycles. The van der Waals surface area contributed by atoms with Crippen LogP contribution in [-0.4, -0.2) is 33.6 Å². The lowest BCUT2D eigenvalue weighted by atomic mass is 9.74. The molecule has 3 nitrogen and oxygen atoms in total. The molecule has 2 aromatic rings. The van der Waals surface area contributed by atoms with Crippen molar-refractivity contribution in [2.75, 3.05) is 0 Å². The van der Waals surface area contributed by atoms with Gasteiger partial charge in [0.2, 0.25) is 0 Å². The second-order valence-corrected chi connectivity index (χ2v) is 9.29. The number of aliphatic hydroxyl groups is 2. The Labute approximate surface area is 174 Å². The summed E-state index contributed by atoms with van der Waals surface area (Å²) in [5, 5.41) is 21.1. The predicted molar refractivity (Wildman–Crippen MR) is 116 cm³/mol. The van der Waals surface area contributed by atoms with Crippen LogP contribution in [0.3, 0.4) is 0 Å². The van der Waals surface area contributed by atoms with E-state index in [9.17, 15) is 10.2 Å². The summed E-state index contributed by atoms with van der Waals surface area (Å²) in [6, 6.07) is 21.0. The van der Waals surface area contributed by atoms with Crippen LogP contribution in [-0.2, 0) is 17.6 Å². The summed E-state index contributed by atoms with van der Waals surface area (Å²) < 4.78 is 7.14. The van der Waals surface area contributed by atoms with Crippen LogP contribution < -0.4 is 0 Å². The molecule has 2 saturated carbocycles. The summed E-state index contributed by atoms with van der Waals surface area (Å²) in [5.74, 6) is 0. The Kier molecular flexibility index (Phi) is 6.38. The second-order valence-electron chi connectivity index (χ2n) is 9.29. The third kappa shape index (κ3) is 5.28. The summed E-state index contributed by atoms with van der Waals surface area (Å²) in [5.41, 5.74) is 1.77. The van der Waals surface area contributed by atoms with E-state index in [0.29, 0.717) is 12.8 Å². The number of hydrogen-bond donors (Lipinski definition) is 2. The predicted octanol–water partition coefficient (Wildman–Crippen LogP) is 4.84. The van der Waals surface area contributed by atoms with Gasteiger partial charge >= 0.3 is 0 Å². The summed E-state index contributed by atoms with van der Waals surface area (Å²) >= 11 is 0. The highest BCUT2D eigenvalue weighted by Gasteiger charge is 2.46. The maximum atomic E-state index is 10.5. The fraction of sp³-hybridized carbons (Fsp3) is 0.538. The SMILES string of the molecule is OC1CCCC(Cc2ccccc2)(OC2(Cc3ccccc3)CCCC(O)C2)C1. The van der Waals surface area contributed by atoms with Gasteiger partial charge < -0.3 is 14.9 Å². The van der Waals surface area contributed by atoms with Crippen LogP contribution in [0.15, 0.2) is 60.7 Å². The molecule has 0 heterocycles. The van der Waals surface area contributed by atoms with Crippen molar-refractivity contribution >= 4 is 0 Å². The van der Waals surface area contributed by atoms with Gasteiger partial charge in [-0.1, -0.05) is 60.7 Å². The Hall–Kier alpha value is -1.68. The molecule has 0 aliphatic heterocycles. The van der Waals surface area contributed by atoms with E-state index in [2.05, 4.69) is 48.5 Å². The Morgan fingerprint density at radius 1 is 0.690 bits per heavy atom. The van der Waals surface area contributed by atoms with Crippen LogP contribution in [0.1, 0.15) is 62.5 Å². The quantitative estimate of drug-likeness (QED) is 0.737. The van der Waals surface area contributed by atoms with Gasteiger partial charge in [0.05, 0.1) is 23.4 Å². The second kappa shape index (κ2) is 8.99. The first-order chi connectivity index (χ1) is 14.1. The van der Waals surface area contributed by atoms with Crippen LogP contribution in [0.4, 0.5) is 0 Å². The van der Waals surface area contributed by atoms with Crippen molar-refractivity contribution in [2.45, 2.75) is 87.6 Å². The third-order valence-electron chi connectivity index (χ3n) is 6.73. The van der Waals surface area contributed by atoms with Gasteiger partial charge in [0, 0.05) is 25.7 Å². The fourth-order valence-corrected chi connectivity index (χ4v) is 5.56. The molecule has 0 bridgehead atoms. The largest absolute Gasteiger partial charge is 0.393 e. The molecule has 2 aliphatic rings. The molecule has 2 fully saturated rings. The van der Waals surface area contributed by atoms with Crippen LogP contribution in [0.2, 0.25) is 0 Å². The van der Waals surface area contributed by atoms with E-state index in [1.54, 1.807) is 0 Å². The highest BCUT2D eigenvalue weighted by atomic mass is 16.5. The van der Waals surface area contributed by atoms with Crippen molar-refractivity contribution in [2.24, 2.45) is 0 Å². The molecule has 156 valence electrons. The van der Waals surface area contributed by atoms with Gasteiger partial charge in [0.1, 0.15) is 0 Å². The molecule has 0 saturated heterocycles. The number of ether oxygens (including phenoxy) is 1. The van der Waals surface area contributed by atoms with Gasteiger partial charge in [-0.2, -0.15) is 0 Å². The van der Waals surface area contributed by atoms with Crippen molar-refractivity contribution in [1.29, 1.82) is 0 Å². The minimum absolute atomic E-state index is 0.310. The van der Waals surface area contributed by atoms with Crippen molar-refractivity contribution in [1.82, 2.24) is 0 Å². The first-order valence-corrected chi connectivity index (χ1v) is 11.2. The molecule has 0 radical (unpaired) electrons. The molecular formula is C26H34O3. The van der Waals surface area contributed by atoms with E-state index in [1.807, 2.05) is 12.1 Å². The van der Waals surface area contributed by atoms with Crippen LogP contribution in [0.25, 0.3) is 0 Å². The smallest absolute Gasteiger partial charge is 0.0755 e. The van der Waals surface area contributed by atoms with Crippen LogP contribution in [0, 0.1) is 0 Å². The van der Waals surface area contributed by atoms with Gasteiger partial charge in [-0.25, -0.2) is 0 Å². The molecule has 0 amide bonds. The van der Waals surface area contributed by atoms with Gasteiger partial charge in [0.25, 0.3) is 0 Å².